The fourth-order valence-corrected chi connectivity index (χ4v) is 3.28. The highest BCUT2D eigenvalue weighted by Crippen LogP contribution is 2.17. The Kier molecular flexibility index (Phi) is 10.8. The van der Waals surface area contributed by atoms with Gasteiger partial charge in [0.05, 0.1) is 24.4 Å². The Balaban J connectivity index is 0.00000392. The van der Waals surface area contributed by atoms with Gasteiger partial charge in [0.15, 0.2) is 5.96 Å². The number of aliphatic imine (C=N–C) groups is 1. The average Bonchev–Trinajstić information content (AvgIpc) is 3.00. The summed E-state index contributed by atoms with van der Waals surface area (Å²) in [6.07, 6.45) is 0. The molecule has 28 heavy (non-hydrogen) atoms. The highest BCUT2D eigenvalue weighted by atomic mass is 127. The summed E-state index contributed by atoms with van der Waals surface area (Å²) in [7, 11) is 1.60. The first-order chi connectivity index (χ1) is 13.0. The predicted molar refractivity (Wildman–Crippen MR) is 125 cm³/mol. The third kappa shape index (κ3) is 7.63. The van der Waals surface area contributed by atoms with Gasteiger partial charge in [0, 0.05) is 30.1 Å². The van der Waals surface area contributed by atoms with Crippen LogP contribution in [0.5, 0.6) is 5.75 Å². The number of carbonyl (C=O) groups excluding carboxylic acids is 1. The fourth-order valence-electron chi connectivity index (χ4n) is 2.41. The molecule has 0 spiro atoms. The third-order valence-electron chi connectivity index (χ3n) is 3.78. The number of rotatable bonds is 8. The Bertz CT molecular complexity index is 777. The first-order valence-electron chi connectivity index (χ1n) is 8.90. The van der Waals surface area contributed by atoms with Crippen molar-refractivity contribution in [2.45, 2.75) is 27.3 Å². The number of ether oxygens (including phenoxy) is 1. The second kappa shape index (κ2) is 12.6. The van der Waals surface area contributed by atoms with Crippen LogP contribution in [0.4, 0.5) is 0 Å². The van der Waals surface area contributed by atoms with E-state index in [9.17, 15) is 4.79 Å². The number of hydrogen-bond donors (Lipinski definition) is 3. The van der Waals surface area contributed by atoms with Crippen molar-refractivity contribution in [3.8, 4) is 5.75 Å². The van der Waals surface area contributed by atoms with Crippen molar-refractivity contribution in [3.05, 3.63) is 45.4 Å². The summed E-state index contributed by atoms with van der Waals surface area (Å²) in [6, 6.07) is 7.03. The molecule has 7 nitrogen and oxygen atoms in total. The van der Waals surface area contributed by atoms with Crippen LogP contribution in [0.3, 0.4) is 0 Å². The lowest BCUT2D eigenvalue weighted by Crippen LogP contribution is -2.41. The molecule has 0 fully saturated rings. The van der Waals surface area contributed by atoms with Crippen LogP contribution in [-0.2, 0) is 6.54 Å². The highest BCUT2D eigenvalue weighted by Gasteiger charge is 2.06. The van der Waals surface area contributed by atoms with Gasteiger partial charge in [-0.15, -0.1) is 35.3 Å². The van der Waals surface area contributed by atoms with Gasteiger partial charge in [0.1, 0.15) is 5.75 Å². The molecule has 0 aliphatic carbocycles. The Hall–Kier alpha value is -1.88. The maximum absolute atomic E-state index is 12.1. The van der Waals surface area contributed by atoms with E-state index in [1.54, 1.807) is 42.7 Å². The molecule has 1 aromatic heterocycles. The Labute approximate surface area is 187 Å². The van der Waals surface area contributed by atoms with E-state index in [1.807, 2.05) is 20.8 Å². The summed E-state index contributed by atoms with van der Waals surface area (Å²) >= 11 is 1.67. The Morgan fingerprint density at radius 3 is 2.39 bits per heavy atom. The van der Waals surface area contributed by atoms with E-state index in [0.29, 0.717) is 25.2 Å². The van der Waals surface area contributed by atoms with Crippen LogP contribution < -0.4 is 20.7 Å². The number of nitrogens with zero attached hydrogens (tertiary/aromatic N) is 2. The zero-order chi connectivity index (χ0) is 19.6. The smallest absolute Gasteiger partial charge is 0.251 e. The van der Waals surface area contributed by atoms with E-state index < -0.39 is 0 Å². The number of amides is 1. The molecule has 0 bridgehead atoms. The summed E-state index contributed by atoms with van der Waals surface area (Å²) in [5.41, 5.74) is 1.64. The number of hydrogen-bond acceptors (Lipinski definition) is 5. The molecule has 2 rings (SSSR count). The molecule has 1 amide bonds. The number of methoxy groups -OCH3 is 1. The second-order valence-electron chi connectivity index (χ2n) is 5.85. The zero-order valence-corrected chi connectivity index (χ0v) is 19.8. The van der Waals surface area contributed by atoms with Crippen LogP contribution >= 0.6 is 35.3 Å². The molecular weight excluding hydrogens is 489 g/mol. The molecule has 1 heterocycles. The Morgan fingerprint density at radius 2 is 1.82 bits per heavy atom. The maximum Gasteiger partial charge on any atom is 0.251 e. The van der Waals surface area contributed by atoms with Crippen molar-refractivity contribution in [2.24, 2.45) is 4.99 Å². The number of aryl methyl sites for hydroxylation is 2. The molecule has 0 unspecified atom stereocenters. The van der Waals surface area contributed by atoms with Crippen LogP contribution in [-0.4, -0.2) is 43.6 Å². The number of halogens is 1. The van der Waals surface area contributed by atoms with Gasteiger partial charge in [-0.25, -0.2) is 9.98 Å². The normalized spacial score (nSPS) is 10.8. The van der Waals surface area contributed by atoms with Crippen LogP contribution in [0, 0.1) is 13.8 Å². The van der Waals surface area contributed by atoms with Crippen molar-refractivity contribution in [3.63, 3.8) is 0 Å². The quantitative estimate of drug-likeness (QED) is 0.217. The molecule has 1 aromatic carbocycles. The maximum atomic E-state index is 12.1. The number of carbonyl (C=O) groups is 1. The zero-order valence-electron chi connectivity index (χ0n) is 16.7. The minimum absolute atomic E-state index is 0. The minimum atomic E-state index is -0.114. The van der Waals surface area contributed by atoms with Gasteiger partial charge in [-0.3, -0.25) is 4.79 Å². The molecule has 9 heteroatoms. The van der Waals surface area contributed by atoms with Gasteiger partial charge < -0.3 is 20.7 Å². The number of aromatic nitrogens is 1. The van der Waals surface area contributed by atoms with E-state index in [4.69, 9.17) is 4.74 Å². The molecule has 0 radical (unpaired) electrons. The highest BCUT2D eigenvalue weighted by molar-refractivity contribution is 14.0. The van der Waals surface area contributed by atoms with Gasteiger partial charge >= 0.3 is 0 Å². The second-order valence-corrected chi connectivity index (χ2v) is 7.14. The van der Waals surface area contributed by atoms with Crippen LogP contribution in [0.15, 0.2) is 29.3 Å². The molecule has 0 atom stereocenters. The lowest BCUT2D eigenvalue weighted by molar-refractivity contribution is 0.0954. The van der Waals surface area contributed by atoms with Crippen molar-refractivity contribution in [2.75, 3.05) is 26.7 Å². The van der Waals surface area contributed by atoms with Crippen molar-refractivity contribution < 1.29 is 9.53 Å². The van der Waals surface area contributed by atoms with E-state index in [0.717, 1.165) is 33.8 Å². The van der Waals surface area contributed by atoms with Crippen molar-refractivity contribution in [1.82, 2.24) is 20.9 Å². The standard InChI is InChI=1S/C19H27N5O2S.HI/c1-5-20-19(23-12-17-13(2)24-14(3)27-17)22-11-10-21-18(25)15-6-8-16(26-4)9-7-15;/h6-9H,5,10-12H2,1-4H3,(H,21,25)(H2,20,22,23);1H. The monoisotopic (exact) mass is 517 g/mol. The van der Waals surface area contributed by atoms with Crippen molar-refractivity contribution >= 4 is 47.2 Å². The summed E-state index contributed by atoms with van der Waals surface area (Å²) in [5.74, 6) is 1.34. The third-order valence-corrected chi connectivity index (χ3v) is 4.84. The average molecular weight is 517 g/mol. The van der Waals surface area contributed by atoms with Gasteiger partial charge in [0.25, 0.3) is 5.91 Å². The molecule has 0 saturated carbocycles. The first-order valence-corrected chi connectivity index (χ1v) is 9.72. The molecule has 154 valence electrons. The number of guanidine groups is 1. The minimum Gasteiger partial charge on any atom is -0.497 e. The van der Waals surface area contributed by atoms with Gasteiger partial charge in [0.2, 0.25) is 0 Å². The number of benzene rings is 1. The predicted octanol–water partition coefficient (Wildman–Crippen LogP) is 2.87. The van der Waals surface area contributed by atoms with Crippen LogP contribution in [0.25, 0.3) is 0 Å². The van der Waals surface area contributed by atoms with Gasteiger partial charge in [-0.2, -0.15) is 0 Å². The summed E-state index contributed by atoms with van der Waals surface area (Å²) in [4.78, 5) is 22.3. The topological polar surface area (TPSA) is 87.6 Å². The Morgan fingerprint density at radius 1 is 1.14 bits per heavy atom. The lowest BCUT2D eigenvalue weighted by atomic mass is 10.2. The molecule has 3 N–H and O–H groups in total. The molecule has 0 saturated heterocycles. The summed E-state index contributed by atoms with van der Waals surface area (Å²) in [6.45, 7) is 8.45. The first kappa shape index (κ1) is 24.2. The molecule has 0 aliphatic heterocycles. The largest absolute Gasteiger partial charge is 0.497 e. The van der Waals surface area contributed by atoms with E-state index in [2.05, 4.69) is 25.9 Å². The van der Waals surface area contributed by atoms with E-state index in [-0.39, 0.29) is 29.9 Å². The van der Waals surface area contributed by atoms with E-state index >= 15 is 0 Å². The van der Waals surface area contributed by atoms with E-state index in [1.165, 1.54) is 0 Å². The molecule has 0 aliphatic rings. The summed E-state index contributed by atoms with van der Waals surface area (Å²) < 4.78 is 5.10. The SMILES string of the molecule is CCNC(=NCc1sc(C)nc1C)NCCNC(=O)c1ccc(OC)cc1.I. The van der Waals surface area contributed by atoms with Crippen molar-refractivity contribution in [1.29, 1.82) is 0 Å². The number of nitrogens with one attached hydrogen (secondary N) is 3. The summed E-state index contributed by atoms with van der Waals surface area (Å²) in [5, 5.41) is 10.4. The van der Waals surface area contributed by atoms with Crippen LogP contribution in [0.1, 0.15) is 32.9 Å². The number of thiazole rings is 1. The molecule has 2 aromatic rings. The van der Waals surface area contributed by atoms with Crippen LogP contribution in [0.2, 0.25) is 0 Å². The molecular formula is C19H28IN5O2S. The fraction of sp³-hybridized carbons (Fsp3) is 0.421. The van der Waals surface area contributed by atoms with Gasteiger partial charge in [-0.05, 0) is 45.0 Å². The van der Waals surface area contributed by atoms with Gasteiger partial charge in [-0.1, -0.05) is 0 Å². The lowest BCUT2D eigenvalue weighted by Gasteiger charge is -2.12.